The fraction of sp³-hybridized carbons (Fsp3) is 0.278. The van der Waals surface area contributed by atoms with Gasteiger partial charge in [-0.25, -0.2) is 4.98 Å². The van der Waals surface area contributed by atoms with Crippen LogP contribution in [0.15, 0.2) is 48.7 Å². The van der Waals surface area contributed by atoms with Crippen LogP contribution in [-0.4, -0.2) is 4.98 Å². The standard InChI is InChI=1S/C18H20N2S/c1-18(2,3)17-20-12-14(21-17)11-19-16-10-6-8-13-7-4-5-9-15(13)16/h4-10,12,19H,11H2,1-3H3. The summed E-state index contributed by atoms with van der Waals surface area (Å²) in [4.78, 5) is 5.81. The molecule has 0 unspecified atom stereocenters. The van der Waals surface area contributed by atoms with Crippen LogP contribution in [0.5, 0.6) is 0 Å². The van der Waals surface area contributed by atoms with Crippen LogP contribution >= 0.6 is 11.3 Å². The Morgan fingerprint density at radius 2 is 1.81 bits per heavy atom. The number of anilines is 1. The van der Waals surface area contributed by atoms with Crippen molar-refractivity contribution in [2.75, 3.05) is 5.32 Å². The zero-order chi connectivity index (χ0) is 14.9. The summed E-state index contributed by atoms with van der Waals surface area (Å²) in [5.41, 5.74) is 1.31. The molecule has 2 aromatic carbocycles. The fourth-order valence-corrected chi connectivity index (χ4v) is 3.21. The summed E-state index contributed by atoms with van der Waals surface area (Å²) in [6, 6.07) is 14.8. The van der Waals surface area contributed by atoms with E-state index in [1.54, 1.807) is 11.3 Å². The Kier molecular flexibility index (Phi) is 3.68. The first-order valence-corrected chi connectivity index (χ1v) is 8.02. The Labute approximate surface area is 129 Å². The molecule has 3 rings (SSSR count). The first-order chi connectivity index (χ1) is 10.0. The van der Waals surface area contributed by atoms with Crippen LogP contribution in [-0.2, 0) is 12.0 Å². The summed E-state index contributed by atoms with van der Waals surface area (Å²) in [6.07, 6.45) is 1.99. The van der Waals surface area contributed by atoms with Gasteiger partial charge in [-0.15, -0.1) is 11.3 Å². The Morgan fingerprint density at radius 3 is 2.57 bits per heavy atom. The summed E-state index contributed by atoms with van der Waals surface area (Å²) in [7, 11) is 0. The third-order valence-electron chi connectivity index (χ3n) is 3.44. The van der Waals surface area contributed by atoms with Crippen LogP contribution in [0.3, 0.4) is 0 Å². The van der Waals surface area contributed by atoms with Crippen molar-refractivity contribution in [2.24, 2.45) is 0 Å². The summed E-state index contributed by atoms with van der Waals surface area (Å²) in [6.45, 7) is 7.43. The predicted octanol–water partition coefficient (Wildman–Crippen LogP) is 5.21. The van der Waals surface area contributed by atoms with Gasteiger partial charge in [0.1, 0.15) is 0 Å². The zero-order valence-electron chi connectivity index (χ0n) is 12.7. The van der Waals surface area contributed by atoms with Crippen molar-refractivity contribution in [2.45, 2.75) is 32.7 Å². The van der Waals surface area contributed by atoms with Crippen LogP contribution < -0.4 is 5.32 Å². The molecule has 0 aliphatic rings. The molecule has 0 saturated heterocycles. The van der Waals surface area contributed by atoms with Gasteiger partial charge >= 0.3 is 0 Å². The minimum atomic E-state index is 0.127. The molecule has 0 aliphatic carbocycles. The number of nitrogens with one attached hydrogen (secondary N) is 1. The van der Waals surface area contributed by atoms with Gasteiger partial charge in [0.15, 0.2) is 0 Å². The molecule has 0 amide bonds. The second-order valence-electron chi connectivity index (χ2n) is 6.26. The van der Waals surface area contributed by atoms with E-state index in [2.05, 4.69) is 73.5 Å². The van der Waals surface area contributed by atoms with Crippen molar-refractivity contribution >= 4 is 27.8 Å². The molecule has 1 N–H and O–H groups in total. The summed E-state index contributed by atoms with van der Waals surface area (Å²) >= 11 is 1.79. The number of rotatable bonds is 3. The molecule has 0 fully saturated rings. The van der Waals surface area contributed by atoms with E-state index < -0.39 is 0 Å². The van der Waals surface area contributed by atoms with Crippen molar-refractivity contribution in [3.8, 4) is 0 Å². The van der Waals surface area contributed by atoms with Crippen molar-refractivity contribution in [1.29, 1.82) is 0 Å². The van der Waals surface area contributed by atoms with Gasteiger partial charge in [-0.2, -0.15) is 0 Å². The lowest BCUT2D eigenvalue weighted by atomic mass is 9.98. The number of nitrogens with zero attached hydrogens (tertiary/aromatic N) is 1. The molecular weight excluding hydrogens is 276 g/mol. The minimum absolute atomic E-state index is 0.127. The van der Waals surface area contributed by atoms with Crippen LogP contribution in [0, 0.1) is 0 Å². The fourth-order valence-electron chi connectivity index (χ4n) is 2.30. The second kappa shape index (κ2) is 5.49. The molecule has 2 nitrogen and oxygen atoms in total. The Balaban J connectivity index is 1.79. The number of benzene rings is 2. The molecule has 0 atom stereocenters. The molecule has 0 spiro atoms. The number of hydrogen-bond donors (Lipinski definition) is 1. The lowest BCUT2D eigenvalue weighted by molar-refractivity contribution is 0.585. The third-order valence-corrected chi connectivity index (χ3v) is 4.86. The van der Waals surface area contributed by atoms with E-state index >= 15 is 0 Å². The van der Waals surface area contributed by atoms with Gasteiger partial charge in [0.2, 0.25) is 0 Å². The van der Waals surface area contributed by atoms with Crippen molar-refractivity contribution in [3.63, 3.8) is 0 Å². The predicted molar refractivity (Wildman–Crippen MR) is 92.1 cm³/mol. The highest BCUT2D eigenvalue weighted by atomic mass is 32.1. The van der Waals surface area contributed by atoms with Crippen molar-refractivity contribution in [1.82, 2.24) is 4.98 Å². The largest absolute Gasteiger partial charge is 0.380 e. The van der Waals surface area contributed by atoms with Gasteiger partial charge in [-0.3, -0.25) is 0 Å². The van der Waals surface area contributed by atoms with Gasteiger partial charge in [0.05, 0.1) is 11.6 Å². The first kappa shape index (κ1) is 14.1. The topological polar surface area (TPSA) is 24.9 Å². The van der Waals surface area contributed by atoms with E-state index in [1.807, 2.05) is 6.20 Å². The van der Waals surface area contributed by atoms with E-state index in [-0.39, 0.29) is 5.41 Å². The normalized spacial score (nSPS) is 11.8. The summed E-state index contributed by atoms with van der Waals surface area (Å²) in [5.74, 6) is 0. The average molecular weight is 296 g/mol. The van der Waals surface area contributed by atoms with E-state index in [4.69, 9.17) is 0 Å². The Bertz CT molecular complexity index is 748. The van der Waals surface area contributed by atoms with E-state index in [0.717, 1.165) is 6.54 Å². The summed E-state index contributed by atoms with van der Waals surface area (Å²) < 4.78 is 0. The number of aromatic nitrogens is 1. The van der Waals surface area contributed by atoms with Gasteiger partial charge in [0, 0.05) is 27.6 Å². The van der Waals surface area contributed by atoms with Gasteiger partial charge in [-0.1, -0.05) is 57.2 Å². The lowest BCUT2D eigenvalue weighted by Crippen LogP contribution is -2.09. The molecule has 0 saturated carbocycles. The molecule has 21 heavy (non-hydrogen) atoms. The minimum Gasteiger partial charge on any atom is -0.380 e. The third kappa shape index (κ3) is 3.08. The molecule has 108 valence electrons. The number of fused-ring (bicyclic) bond motifs is 1. The zero-order valence-corrected chi connectivity index (χ0v) is 13.5. The average Bonchev–Trinajstić information content (AvgIpc) is 2.94. The molecular formula is C18H20N2S. The maximum atomic E-state index is 4.54. The van der Waals surface area contributed by atoms with Gasteiger partial charge < -0.3 is 5.32 Å². The number of thiazole rings is 1. The molecule has 3 heteroatoms. The SMILES string of the molecule is CC(C)(C)c1ncc(CNc2cccc3ccccc23)s1. The first-order valence-electron chi connectivity index (χ1n) is 7.21. The summed E-state index contributed by atoms with van der Waals surface area (Å²) in [5, 5.41) is 7.26. The van der Waals surface area contributed by atoms with E-state index in [0.29, 0.717) is 0 Å². The van der Waals surface area contributed by atoms with Crippen molar-refractivity contribution < 1.29 is 0 Å². The molecule has 0 bridgehead atoms. The smallest absolute Gasteiger partial charge is 0.0981 e. The maximum absolute atomic E-state index is 4.54. The molecule has 1 aromatic heterocycles. The molecule has 0 radical (unpaired) electrons. The second-order valence-corrected chi connectivity index (χ2v) is 7.38. The number of hydrogen-bond acceptors (Lipinski definition) is 3. The van der Waals surface area contributed by atoms with E-state index in [1.165, 1.54) is 26.3 Å². The highest BCUT2D eigenvalue weighted by Crippen LogP contribution is 2.28. The Hall–Kier alpha value is -1.87. The van der Waals surface area contributed by atoms with Gasteiger partial charge in [0.25, 0.3) is 0 Å². The quantitative estimate of drug-likeness (QED) is 0.718. The van der Waals surface area contributed by atoms with E-state index in [9.17, 15) is 0 Å². The molecule has 0 aliphatic heterocycles. The lowest BCUT2D eigenvalue weighted by Gasteiger charge is -2.13. The van der Waals surface area contributed by atoms with Crippen LogP contribution in [0.25, 0.3) is 10.8 Å². The highest BCUT2D eigenvalue weighted by Gasteiger charge is 2.17. The van der Waals surface area contributed by atoms with Crippen LogP contribution in [0.4, 0.5) is 5.69 Å². The van der Waals surface area contributed by atoms with Crippen LogP contribution in [0.2, 0.25) is 0 Å². The van der Waals surface area contributed by atoms with Crippen LogP contribution in [0.1, 0.15) is 30.7 Å². The molecule has 1 heterocycles. The van der Waals surface area contributed by atoms with Crippen molar-refractivity contribution in [3.05, 3.63) is 58.5 Å². The highest BCUT2D eigenvalue weighted by molar-refractivity contribution is 7.11. The Morgan fingerprint density at radius 1 is 1.05 bits per heavy atom. The maximum Gasteiger partial charge on any atom is 0.0981 e. The monoisotopic (exact) mass is 296 g/mol. The van der Waals surface area contributed by atoms with Gasteiger partial charge in [-0.05, 0) is 11.5 Å². The molecule has 3 aromatic rings.